The smallest absolute Gasteiger partial charge is 0.320 e. The average Bonchev–Trinajstić information content (AvgIpc) is 2.31. The summed E-state index contributed by atoms with van der Waals surface area (Å²) >= 11 is 5.46. The minimum Gasteiger partial charge on any atom is -0.396 e. The van der Waals surface area contributed by atoms with Gasteiger partial charge in [-0.2, -0.15) is 8.78 Å². The molecule has 0 unspecified atom stereocenters. The first-order chi connectivity index (χ1) is 8.97. The standard InChI is InChI=1S/C9H8ClF5N2O2S/c10-4-1-5(16)7(11)6(2-4)20(18,19)17-3-9(14,15)8(12)13/h1-2,8,17H,3,16H2. The van der Waals surface area contributed by atoms with E-state index in [2.05, 4.69) is 0 Å². The Kier molecular flexibility index (Phi) is 4.82. The summed E-state index contributed by atoms with van der Waals surface area (Å²) in [6.45, 7) is -1.89. The normalized spacial score (nSPS) is 12.9. The van der Waals surface area contributed by atoms with Gasteiger partial charge in [0, 0.05) is 5.02 Å². The lowest BCUT2D eigenvalue weighted by molar-refractivity contribution is -0.122. The molecule has 0 aromatic heterocycles. The molecule has 0 bridgehead atoms. The molecule has 0 aliphatic rings. The SMILES string of the molecule is Nc1cc(Cl)cc(S(=O)(=O)NCC(F)(F)C(F)F)c1F. The number of halogens is 6. The lowest BCUT2D eigenvalue weighted by Gasteiger charge is -2.16. The molecule has 0 heterocycles. The minimum absolute atomic E-state index is 0.259. The first-order valence-electron chi connectivity index (χ1n) is 4.87. The van der Waals surface area contributed by atoms with Gasteiger partial charge in [0.25, 0.3) is 0 Å². The molecule has 1 aromatic carbocycles. The highest BCUT2D eigenvalue weighted by Crippen LogP contribution is 2.26. The number of alkyl halides is 4. The molecule has 114 valence electrons. The molecule has 0 saturated heterocycles. The van der Waals surface area contributed by atoms with E-state index in [1.807, 2.05) is 0 Å². The van der Waals surface area contributed by atoms with Crippen LogP contribution in [0.3, 0.4) is 0 Å². The highest BCUT2D eigenvalue weighted by atomic mass is 35.5. The van der Waals surface area contributed by atoms with E-state index in [0.29, 0.717) is 6.07 Å². The summed E-state index contributed by atoms with van der Waals surface area (Å²) in [5, 5.41) is -0.259. The molecular weight excluding hydrogens is 331 g/mol. The van der Waals surface area contributed by atoms with E-state index < -0.39 is 45.3 Å². The molecule has 11 heteroatoms. The van der Waals surface area contributed by atoms with Gasteiger partial charge in [-0.3, -0.25) is 0 Å². The summed E-state index contributed by atoms with van der Waals surface area (Å²) in [6, 6.07) is 1.53. The van der Waals surface area contributed by atoms with Crippen LogP contribution in [-0.2, 0) is 10.0 Å². The van der Waals surface area contributed by atoms with E-state index in [9.17, 15) is 30.4 Å². The summed E-state index contributed by atoms with van der Waals surface area (Å²) in [4.78, 5) is -1.10. The van der Waals surface area contributed by atoms with Crippen molar-refractivity contribution in [3.63, 3.8) is 0 Å². The second-order valence-electron chi connectivity index (χ2n) is 3.69. The number of nitrogens with one attached hydrogen (secondary N) is 1. The Labute approximate surface area is 115 Å². The fraction of sp³-hybridized carbons (Fsp3) is 0.333. The number of nitrogens with two attached hydrogens (primary N) is 1. The van der Waals surface area contributed by atoms with Crippen LogP contribution in [0.15, 0.2) is 17.0 Å². The second kappa shape index (κ2) is 5.70. The van der Waals surface area contributed by atoms with Crippen molar-refractivity contribution in [2.24, 2.45) is 0 Å². The summed E-state index contributed by atoms with van der Waals surface area (Å²) < 4.78 is 86.9. The summed E-state index contributed by atoms with van der Waals surface area (Å²) in [7, 11) is -4.81. The molecule has 1 rings (SSSR count). The van der Waals surface area contributed by atoms with Crippen molar-refractivity contribution in [3.05, 3.63) is 23.0 Å². The van der Waals surface area contributed by atoms with Gasteiger partial charge < -0.3 is 5.73 Å². The van der Waals surface area contributed by atoms with Crippen LogP contribution in [0, 0.1) is 5.82 Å². The lowest BCUT2D eigenvalue weighted by atomic mass is 10.3. The van der Waals surface area contributed by atoms with Gasteiger partial charge in [-0.15, -0.1) is 0 Å². The van der Waals surface area contributed by atoms with Crippen molar-refractivity contribution in [1.29, 1.82) is 0 Å². The van der Waals surface area contributed by atoms with Crippen LogP contribution in [-0.4, -0.2) is 27.3 Å². The van der Waals surface area contributed by atoms with Gasteiger partial charge in [0.1, 0.15) is 4.90 Å². The number of benzene rings is 1. The molecule has 0 aliphatic heterocycles. The van der Waals surface area contributed by atoms with Crippen molar-refractivity contribution >= 4 is 27.3 Å². The number of rotatable bonds is 5. The number of hydrogen-bond donors (Lipinski definition) is 2. The van der Waals surface area contributed by atoms with E-state index in [0.717, 1.165) is 6.07 Å². The number of nitrogen functional groups attached to an aromatic ring is 1. The summed E-state index contributed by atoms with van der Waals surface area (Å²) in [6.07, 6.45) is -4.07. The quantitative estimate of drug-likeness (QED) is 0.639. The summed E-state index contributed by atoms with van der Waals surface area (Å²) in [5.41, 5.74) is 4.50. The predicted octanol–water partition coefficient (Wildman–Crippen LogP) is 2.24. The zero-order valence-electron chi connectivity index (χ0n) is 9.51. The van der Waals surface area contributed by atoms with Crippen LogP contribution in [0.4, 0.5) is 27.6 Å². The molecule has 0 radical (unpaired) electrons. The van der Waals surface area contributed by atoms with Gasteiger partial charge in [0.15, 0.2) is 5.82 Å². The van der Waals surface area contributed by atoms with E-state index in [-0.39, 0.29) is 5.02 Å². The van der Waals surface area contributed by atoms with Gasteiger partial charge in [-0.1, -0.05) is 11.6 Å². The molecule has 0 saturated carbocycles. The van der Waals surface area contributed by atoms with Crippen LogP contribution < -0.4 is 10.5 Å². The molecular formula is C9H8ClF5N2O2S. The number of anilines is 1. The van der Waals surface area contributed by atoms with Crippen LogP contribution in [0.2, 0.25) is 5.02 Å². The van der Waals surface area contributed by atoms with Crippen LogP contribution >= 0.6 is 11.6 Å². The Balaban J connectivity index is 3.07. The zero-order valence-corrected chi connectivity index (χ0v) is 11.1. The maximum Gasteiger partial charge on any atom is 0.320 e. The number of sulfonamides is 1. The Morgan fingerprint density at radius 2 is 1.90 bits per heavy atom. The maximum absolute atomic E-state index is 13.5. The third-order valence-corrected chi connectivity index (χ3v) is 3.76. The minimum atomic E-state index is -4.81. The molecule has 0 spiro atoms. The highest BCUT2D eigenvalue weighted by Gasteiger charge is 2.41. The lowest BCUT2D eigenvalue weighted by Crippen LogP contribution is -2.41. The highest BCUT2D eigenvalue weighted by molar-refractivity contribution is 7.89. The molecule has 3 N–H and O–H groups in total. The van der Waals surface area contributed by atoms with Gasteiger partial charge in [0.2, 0.25) is 10.0 Å². The van der Waals surface area contributed by atoms with Crippen molar-refractivity contribution in [2.45, 2.75) is 17.2 Å². The Bertz CT molecular complexity index is 609. The van der Waals surface area contributed by atoms with E-state index in [4.69, 9.17) is 17.3 Å². The molecule has 4 nitrogen and oxygen atoms in total. The fourth-order valence-electron chi connectivity index (χ4n) is 1.13. The first kappa shape index (κ1) is 16.9. The van der Waals surface area contributed by atoms with Crippen molar-refractivity contribution in [3.8, 4) is 0 Å². The average molecular weight is 339 g/mol. The number of hydrogen-bond acceptors (Lipinski definition) is 3. The van der Waals surface area contributed by atoms with E-state index in [1.54, 1.807) is 0 Å². The molecule has 20 heavy (non-hydrogen) atoms. The van der Waals surface area contributed by atoms with Crippen LogP contribution in [0.5, 0.6) is 0 Å². The van der Waals surface area contributed by atoms with Gasteiger partial charge in [-0.25, -0.2) is 26.3 Å². The van der Waals surface area contributed by atoms with Crippen LogP contribution in [0.25, 0.3) is 0 Å². The fourth-order valence-corrected chi connectivity index (χ4v) is 2.59. The van der Waals surface area contributed by atoms with E-state index in [1.165, 1.54) is 4.72 Å². The third kappa shape index (κ3) is 3.70. The monoisotopic (exact) mass is 338 g/mol. The Hall–Kier alpha value is -1.13. The zero-order chi connectivity index (χ0) is 15.7. The van der Waals surface area contributed by atoms with Crippen molar-refractivity contribution in [1.82, 2.24) is 4.72 Å². The molecule has 1 aromatic rings. The predicted molar refractivity (Wildman–Crippen MR) is 62.0 cm³/mol. The topological polar surface area (TPSA) is 72.2 Å². The van der Waals surface area contributed by atoms with E-state index >= 15 is 0 Å². The van der Waals surface area contributed by atoms with Crippen molar-refractivity contribution in [2.75, 3.05) is 12.3 Å². The molecule has 0 fully saturated rings. The van der Waals surface area contributed by atoms with Gasteiger partial charge in [-0.05, 0) is 12.1 Å². The van der Waals surface area contributed by atoms with Gasteiger partial charge >= 0.3 is 12.3 Å². The third-order valence-electron chi connectivity index (χ3n) is 2.14. The maximum atomic E-state index is 13.5. The van der Waals surface area contributed by atoms with Crippen LogP contribution in [0.1, 0.15) is 0 Å². The first-order valence-corrected chi connectivity index (χ1v) is 6.73. The largest absolute Gasteiger partial charge is 0.396 e. The molecule has 0 aliphatic carbocycles. The second-order valence-corrected chi connectivity index (χ2v) is 5.87. The summed E-state index contributed by atoms with van der Waals surface area (Å²) in [5.74, 6) is -6.00. The molecule has 0 amide bonds. The Morgan fingerprint density at radius 3 is 2.40 bits per heavy atom. The Morgan fingerprint density at radius 1 is 1.35 bits per heavy atom. The van der Waals surface area contributed by atoms with Crippen molar-refractivity contribution < 1.29 is 30.4 Å². The molecule has 0 atom stereocenters. The van der Waals surface area contributed by atoms with Gasteiger partial charge in [0.05, 0.1) is 12.2 Å².